The number of methoxy groups -OCH3 is 1. The molecule has 5 nitrogen and oxygen atoms in total. The molecule has 1 aliphatic heterocycles. The zero-order valence-corrected chi connectivity index (χ0v) is 11.8. The lowest BCUT2D eigenvalue weighted by Crippen LogP contribution is -2.39. The minimum Gasteiger partial charge on any atom is -0.494 e. The molecule has 0 aliphatic carbocycles. The van der Waals surface area contributed by atoms with E-state index < -0.39 is 5.82 Å². The highest BCUT2D eigenvalue weighted by atomic mass is 19.1. The summed E-state index contributed by atoms with van der Waals surface area (Å²) >= 11 is 0. The van der Waals surface area contributed by atoms with Gasteiger partial charge in [-0.3, -0.25) is 4.79 Å². The number of nitrogens with zero attached hydrogens (tertiary/aromatic N) is 1. The third-order valence-electron chi connectivity index (χ3n) is 3.75. The van der Waals surface area contributed by atoms with E-state index in [0.29, 0.717) is 5.69 Å². The zero-order chi connectivity index (χ0) is 14.7. The number of carbonyl (C=O) groups excluding carboxylic acids is 1. The Hall–Kier alpha value is -1.98. The number of halogens is 1. The van der Waals surface area contributed by atoms with Gasteiger partial charge in [-0.2, -0.15) is 0 Å². The second kappa shape index (κ2) is 5.98. The Kier molecular flexibility index (Phi) is 4.32. The van der Waals surface area contributed by atoms with Gasteiger partial charge in [0.25, 0.3) is 0 Å². The van der Waals surface area contributed by atoms with Gasteiger partial charge in [-0.15, -0.1) is 0 Å². The van der Waals surface area contributed by atoms with Gasteiger partial charge in [-0.05, 0) is 12.8 Å². The van der Waals surface area contributed by atoms with Gasteiger partial charge in [-0.25, -0.2) is 4.39 Å². The molecule has 0 aromatic heterocycles. The van der Waals surface area contributed by atoms with Gasteiger partial charge in [0.15, 0.2) is 11.6 Å². The van der Waals surface area contributed by atoms with Crippen LogP contribution in [-0.4, -0.2) is 33.2 Å². The number of piperidine rings is 1. The van der Waals surface area contributed by atoms with Crippen LogP contribution < -0.4 is 20.7 Å². The second-order valence-corrected chi connectivity index (χ2v) is 4.92. The number of hydrogen-bond acceptors (Lipinski definition) is 4. The molecular weight excluding hydrogens is 261 g/mol. The first-order valence-electron chi connectivity index (χ1n) is 6.66. The van der Waals surface area contributed by atoms with Gasteiger partial charge in [0.2, 0.25) is 5.91 Å². The van der Waals surface area contributed by atoms with E-state index in [1.54, 1.807) is 13.1 Å². The summed E-state index contributed by atoms with van der Waals surface area (Å²) in [6.45, 7) is 1.44. The number of nitrogen functional groups attached to an aromatic ring is 1. The summed E-state index contributed by atoms with van der Waals surface area (Å²) in [6, 6.07) is 2.89. The predicted molar refractivity (Wildman–Crippen MR) is 76.4 cm³/mol. The lowest BCUT2D eigenvalue weighted by molar-refractivity contribution is -0.125. The Morgan fingerprint density at radius 3 is 2.65 bits per heavy atom. The third-order valence-corrected chi connectivity index (χ3v) is 3.75. The first kappa shape index (κ1) is 14.4. The molecule has 2 rings (SSSR count). The molecule has 110 valence electrons. The Morgan fingerprint density at radius 2 is 2.10 bits per heavy atom. The van der Waals surface area contributed by atoms with Gasteiger partial charge >= 0.3 is 0 Å². The van der Waals surface area contributed by atoms with Crippen LogP contribution in [0.5, 0.6) is 5.75 Å². The quantitative estimate of drug-likeness (QED) is 0.821. The average molecular weight is 281 g/mol. The number of amides is 1. The van der Waals surface area contributed by atoms with E-state index in [1.165, 1.54) is 13.2 Å². The molecule has 1 fully saturated rings. The highest BCUT2D eigenvalue weighted by Crippen LogP contribution is 2.33. The molecule has 1 saturated heterocycles. The van der Waals surface area contributed by atoms with Crippen molar-refractivity contribution >= 4 is 17.3 Å². The van der Waals surface area contributed by atoms with Crippen molar-refractivity contribution in [1.29, 1.82) is 0 Å². The van der Waals surface area contributed by atoms with Gasteiger partial charge in [0.1, 0.15) is 0 Å². The SMILES string of the molecule is CNC(=O)C1CCN(c2cc(OC)c(F)cc2N)CC1. The molecule has 1 heterocycles. The van der Waals surface area contributed by atoms with E-state index in [1.807, 2.05) is 0 Å². The van der Waals surface area contributed by atoms with E-state index in [2.05, 4.69) is 10.2 Å². The molecular formula is C14H20FN3O2. The molecule has 0 saturated carbocycles. The van der Waals surface area contributed by atoms with Gasteiger partial charge in [0.05, 0.1) is 18.5 Å². The maximum absolute atomic E-state index is 13.5. The predicted octanol–water partition coefficient (Wildman–Crippen LogP) is 1.38. The normalized spacial score (nSPS) is 16.1. The van der Waals surface area contributed by atoms with Gasteiger partial charge in [0, 0.05) is 38.2 Å². The molecule has 0 unspecified atom stereocenters. The van der Waals surface area contributed by atoms with E-state index >= 15 is 0 Å². The minimum atomic E-state index is -0.464. The smallest absolute Gasteiger partial charge is 0.222 e. The van der Waals surface area contributed by atoms with Crippen molar-refractivity contribution in [3.63, 3.8) is 0 Å². The Morgan fingerprint density at radius 1 is 1.45 bits per heavy atom. The second-order valence-electron chi connectivity index (χ2n) is 4.92. The van der Waals surface area contributed by atoms with Crippen LogP contribution in [0.1, 0.15) is 12.8 Å². The van der Waals surface area contributed by atoms with Crippen LogP contribution in [-0.2, 0) is 4.79 Å². The van der Waals surface area contributed by atoms with E-state index in [4.69, 9.17) is 10.5 Å². The summed E-state index contributed by atoms with van der Waals surface area (Å²) in [5, 5.41) is 2.67. The molecule has 3 N–H and O–H groups in total. The number of rotatable bonds is 3. The molecule has 6 heteroatoms. The third kappa shape index (κ3) is 2.79. The number of nitrogens with two attached hydrogens (primary N) is 1. The van der Waals surface area contributed by atoms with Crippen LogP contribution in [0.15, 0.2) is 12.1 Å². The van der Waals surface area contributed by atoms with Crippen molar-refractivity contribution in [1.82, 2.24) is 5.32 Å². The maximum atomic E-state index is 13.5. The fourth-order valence-electron chi connectivity index (χ4n) is 2.58. The first-order chi connectivity index (χ1) is 9.56. The molecule has 20 heavy (non-hydrogen) atoms. The van der Waals surface area contributed by atoms with E-state index in [0.717, 1.165) is 31.6 Å². The van der Waals surface area contributed by atoms with Crippen molar-refractivity contribution in [3.8, 4) is 5.75 Å². The molecule has 0 radical (unpaired) electrons. The fraction of sp³-hybridized carbons (Fsp3) is 0.500. The minimum absolute atomic E-state index is 0.0415. The van der Waals surface area contributed by atoms with Crippen LogP contribution in [0, 0.1) is 11.7 Å². The molecule has 0 atom stereocenters. The van der Waals surface area contributed by atoms with Crippen LogP contribution in [0.3, 0.4) is 0 Å². The lowest BCUT2D eigenvalue weighted by atomic mass is 9.95. The average Bonchev–Trinajstić information content (AvgIpc) is 2.47. The van der Waals surface area contributed by atoms with Crippen molar-refractivity contribution in [2.75, 3.05) is 37.9 Å². The standard InChI is InChI=1S/C14H20FN3O2/c1-17-14(19)9-3-5-18(6-4-9)12-8-13(20-2)10(15)7-11(12)16/h7-9H,3-6,16H2,1-2H3,(H,17,19). The Bertz CT molecular complexity index is 499. The summed E-state index contributed by atoms with van der Waals surface area (Å²) in [4.78, 5) is 13.7. The highest BCUT2D eigenvalue weighted by molar-refractivity contribution is 5.79. The number of benzene rings is 1. The van der Waals surface area contributed by atoms with Gasteiger partial charge < -0.3 is 20.7 Å². The zero-order valence-electron chi connectivity index (χ0n) is 11.8. The number of hydrogen-bond donors (Lipinski definition) is 2. The summed E-state index contributed by atoms with van der Waals surface area (Å²) < 4.78 is 18.5. The first-order valence-corrected chi connectivity index (χ1v) is 6.66. The van der Waals surface area contributed by atoms with Crippen LogP contribution >= 0.6 is 0 Å². The van der Waals surface area contributed by atoms with E-state index in [9.17, 15) is 9.18 Å². The van der Waals surface area contributed by atoms with Crippen molar-refractivity contribution in [2.24, 2.45) is 5.92 Å². The van der Waals surface area contributed by atoms with Crippen LogP contribution in [0.25, 0.3) is 0 Å². The summed E-state index contributed by atoms with van der Waals surface area (Å²) in [6.07, 6.45) is 1.53. The van der Waals surface area contributed by atoms with Crippen LogP contribution in [0.2, 0.25) is 0 Å². The summed E-state index contributed by atoms with van der Waals surface area (Å²) in [7, 11) is 3.08. The van der Waals surface area contributed by atoms with Crippen molar-refractivity contribution < 1.29 is 13.9 Å². The monoisotopic (exact) mass is 281 g/mol. The Labute approximate surface area is 117 Å². The van der Waals surface area contributed by atoms with E-state index in [-0.39, 0.29) is 17.6 Å². The highest BCUT2D eigenvalue weighted by Gasteiger charge is 2.25. The molecule has 1 amide bonds. The molecule has 1 aromatic rings. The number of carbonyl (C=O) groups is 1. The van der Waals surface area contributed by atoms with Gasteiger partial charge in [-0.1, -0.05) is 0 Å². The lowest BCUT2D eigenvalue weighted by Gasteiger charge is -2.33. The summed E-state index contributed by atoms with van der Waals surface area (Å²) in [5.74, 6) is -0.161. The fourth-order valence-corrected chi connectivity index (χ4v) is 2.58. The molecule has 0 spiro atoms. The molecule has 1 aliphatic rings. The topological polar surface area (TPSA) is 67.6 Å². The van der Waals surface area contributed by atoms with Crippen LogP contribution in [0.4, 0.5) is 15.8 Å². The maximum Gasteiger partial charge on any atom is 0.222 e. The van der Waals surface area contributed by atoms with Crippen molar-refractivity contribution in [2.45, 2.75) is 12.8 Å². The number of ether oxygens (including phenoxy) is 1. The molecule has 0 bridgehead atoms. The molecule has 1 aromatic carbocycles. The number of anilines is 2. The van der Waals surface area contributed by atoms with Crippen molar-refractivity contribution in [3.05, 3.63) is 17.9 Å². The number of nitrogens with one attached hydrogen (secondary N) is 1. The Balaban J connectivity index is 2.12. The largest absolute Gasteiger partial charge is 0.494 e. The summed E-state index contributed by atoms with van der Waals surface area (Å²) in [5.41, 5.74) is 7.03.